The van der Waals surface area contributed by atoms with Gasteiger partial charge in [0.05, 0.1) is 25.5 Å². The van der Waals surface area contributed by atoms with Gasteiger partial charge in [0, 0.05) is 50.6 Å². The maximum absolute atomic E-state index is 13.2. The fourth-order valence-corrected chi connectivity index (χ4v) is 5.75. The topological polar surface area (TPSA) is 122 Å². The van der Waals surface area contributed by atoms with Gasteiger partial charge in [-0.2, -0.15) is 13.2 Å². The van der Waals surface area contributed by atoms with Crippen LogP contribution in [0.25, 0.3) is 11.3 Å². The average Bonchev–Trinajstić information content (AvgIpc) is 3.30. The molecule has 2 N–H and O–H groups in total. The van der Waals surface area contributed by atoms with Crippen LogP contribution in [0.1, 0.15) is 44.6 Å². The van der Waals surface area contributed by atoms with Crippen molar-refractivity contribution in [3.05, 3.63) is 181 Å². The summed E-state index contributed by atoms with van der Waals surface area (Å²) in [5, 5.41) is 17.2. The molecule has 0 saturated heterocycles. The first-order valence-electron chi connectivity index (χ1n) is 19.1. The number of rotatable bonds is 7. The molecule has 0 unspecified atom stereocenters. The quantitative estimate of drug-likeness (QED) is 0.0707. The number of pyridine rings is 1. The van der Waals surface area contributed by atoms with Crippen LogP contribution in [0.3, 0.4) is 0 Å². The van der Waals surface area contributed by atoms with Crippen LogP contribution in [0.15, 0.2) is 136 Å². The van der Waals surface area contributed by atoms with E-state index in [2.05, 4.69) is 84.8 Å². The molecule has 65 heavy (non-hydrogen) atoms. The molecule has 2 aromatic heterocycles. The van der Waals surface area contributed by atoms with Crippen LogP contribution in [-0.2, 0) is 41.1 Å². The van der Waals surface area contributed by atoms with Crippen molar-refractivity contribution < 1.29 is 31.8 Å². The summed E-state index contributed by atoms with van der Waals surface area (Å²) in [7, 11) is -5.20. The Morgan fingerprint density at radius 2 is 1.11 bits per heavy atom. The summed E-state index contributed by atoms with van der Waals surface area (Å²) in [5.74, 6) is 7.53. The molecule has 0 aliphatic carbocycles. The molecule has 0 saturated carbocycles. The van der Waals surface area contributed by atoms with Crippen molar-refractivity contribution in [1.29, 1.82) is 0 Å². The molecule has 0 radical (unpaired) electrons. The van der Waals surface area contributed by atoms with E-state index >= 15 is 0 Å². The first-order chi connectivity index (χ1) is 30.6. The number of aliphatic hydroxyl groups excluding tert-OH is 2. The fraction of sp³-hybridized carbons (Fsp3) is 0.180. The van der Waals surface area contributed by atoms with Crippen molar-refractivity contribution in [3.63, 3.8) is 0 Å². The Kier molecular flexibility index (Phi) is 22.6. The number of benzene rings is 4. The third-order valence-electron chi connectivity index (χ3n) is 8.19. The minimum absolute atomic E-state index is 0.0743. The molecule has 0 aliphatic rings. The second kappa shape index (κ2) is 26.7. The second-order valence-corrected chi connectivity index (χ2v) is 22.7. The Hall–Kier alpha value is -6.01. The molecule has 0 bridgehead atoms. The van der Waals surface area contributed by atoms with Gasteiger partial charge in [0.15, 0.2) is 0 Å². The summed E-state index contributed by atoms with van der Waals surface area (Å²) in [6.07, 6.45) is 17.9. The smallest absolute Gasteiger partial charge is 0.392 e. The molecule has 0 spiro atoms. The van der Waals surface area contributed by atoms with Gasteiger partial charge in [-0.1, -0.05) is 118 Å². The van der Waals surface area contributed by atoms with Gasteiger partial charge in [-0.3, -0.25) is 4.79 Å². The van der Waals surface area contributed by atoms with Crippen molar-refractivity contribution in [2.75, 3.05) is 6.26 Å². The molecule has 4 aromatic carbocycles. The van der Waals surface area contributed by atoms with E-state index in [-0.39, 0.29) is 31.0 Å². The predicted octanol–water partition coefficient (Wildman–Crippen LogP) is 9.92. The molecule has 6 rings (SSSR count). The van der Waals surface area contributed by atoms with Gasteiger partial charge in [0.1, 0.15) is 13.8 Å². The van der Waals surface area contributed by atoms with Gasteiger partial charge in [-0.15, -0.1) is 31.2 Å². The molecule has 15 heteroatoms. The first kappa shape index (κ1) is 55.1. The molecule has 8 nitrogen and oxygen atoms in total. The number of hydrogen-bond acceptors (Lipinski definition) is 7. The van der Waals surface area contributed by atoms with Crippen LogP contribution >= 0.6 is 31.9 Å². The number of hydrogen-bond donors (Lipinski definition) is 2. The van der Waals surface area contributed by atoms with E-state index in [1.54, 1.807) is 24.3 Å². The van der Waals surface area contributed by atoms with Crippen LogP contribution < -0.4 is 5.56 Å². The van der Waals surface area contributed by atoms with Crippen molar-refractivity contribution in [2.24, 2.45) is 0 Å². The van der Waals surface area contributed by atoms with Gasteiger partial charge >= 0.3 is 6.18 Å². The summed E-state index contributed by atoms with van der Waals surface area (Å²) < 4.78 is 65.4. The molecule has 0 atom stereocenters. The SMILES string of the molecule is C#C[Si](C)(C)C.C#Cc1ccc(CBr)cc1.C#Cc1ccc(CO)cc1.C#Cc1ccc(Cn2cc(-c3cc(C(F)(F)F)nc(S(C)(=O)=O)n3)ccc2=O)cc1.OCc1ccc(Br)cc1. The Morgan fingerprint density at radius 1 is 0.692 bits per heavy atom. The van der Waals surface area contributed by atoms with Crippen LogP contribution in [0.2, 0.25) is 19.6 Å². The van der Waals surface area contributed by atoms with E-state index in [1.165, 1.54) is 28.5 Å². The van der Waals surface area contributed by atoms with Crippen LogP contribution in [0.5, 0.6) is 0 Å². The van der Waals surface area contributed by atoms with E-state index in [4.69, 9.17) is 35.9 Å². The highest BCUT2D eigenvalue weighted by molar-refractivity contribution is 9.10. The highest BCUT2D eigenvalue weighted by Gasteiger charge is 2.35. The van der Waals surface area contributed by atoms with E-state index in [1.807, 2.05) is 72.8 Å². The van der Waals surface area contributed by atoms with Crippen molar-refractivity contribution in [1.82, 2.24) is 14.5 Å². The van der Waals surface area contributed by atoms with E-state index < -0.39 is 40.5 Å². The van der Waals surface area contributed by atoms with E-state index in [9.17, 15) is 26.4 Å². The standard InChI is InChI=1S/C20H14F3N3O3S.C9H7Br.C9H8O.C7H7BrO.C5H10Si/c1-3-13-4-6-14(7-5-13)11-26-12-15(8-9-18(26)27)16-10-17(20(21,22)23)25-19(24-16)30(2,28)29;2*1-2-8-3-5-9(7-10)6-4-8;8-7-3-1-6(5-9)2-4-7;1-5-6(2,3)4/h1,4-10,12H,11H2,2H3;1,3-6H,7H2;1,3-6,10H,7H2;1-4,9H,5H2;1H,2-4H3. The van der Waals surface area contributed by atoms with E-state index in [0.29, 0.717) is 17.9 Å². The summed E-state index contributed by atoms with van der Waals surface area (Å²) >= 11 is 6.65. The van der Waals surface area contributed by atoms with Gasteiger partial charge in [0.25, 0.3) is 5.56 Å². The lowest BCUT2D eigenvalue weighted by Gasteiger charge is -2.12. The Morgan fingerprint density at radius 3 is 1.48 bits per heavy atom. The van der Waals surface area contributed by atoms with Crippen LogP contribution in [-0.4, -0.2) is 47.5 Å². The zero-order valence-corrected chi connectivity index (χ0v) is 40.9. The lowest BCUT2D eigenvalue weighted by Crippen LogP contribution is -2.19. The highest BCUT2D eigenvalue weighted by atomic mass is 79.9. The summed E-state index contributed by atoms with van der Waals surface area (Å²) in [4.78, 5) is 19.1. The lowest BCUT2D eigenvalue weighted by atomic mass is 10.1. The van der Waals surface area contributed by atoms with Crippen molar-refractivity contribution in [3.8, 4) is 60.3 Å². The minimum Gasteiger partial charge on any atom is -0.392 e. The Balaban J connectivity index is 0.000000335. The molecule has 0 amide bonds. The molecule has 0 aliphatic heterocycles. The second-order valence-electron chi connectivity index (χ2n) is 14.6. The van der Waals surface area contributed by atoms with Crippen LogP contribution in [0.4, 0.5) is 13.2 Å². The van der Waals surface area contributed by atoms with Crippen LogP contribution in [0, 0.1) is 49.0 Å². The first-order valence-corrected chi connectivity index (χ1v) is 26.4. The Labute approximate surface area is 397 Å². The monoisotopic (exact) mass is 1040 g/mol. The number of aliphatic hydroxyl groups is 2. The van der Waals surface area contributed by atoms with Gasteiger partial charge < -0.3 is 14.8 Å². The summed E-state index contributed by atoms with van der Waals surface area (Å²) in [6, 6.07) is 32.7. The fourth-order valence-electron chi connectivity index (χ4n) is 4.58. The van der Waals surface area contributed by atoms with Crippen molar-refractivity contribution >= 4 is 49.8 Å². The molecule has 0 fully saturated rings. The number of sulfone groups is 1. The minimum atomic E-state index is -4.87. The zero-order valence-electron chi connectivity index (χ0n) is 35.9. The number of terminal acetylenes is 4. The maximum atomic E-state index is 13.2. The van der Waals surface area contributed by atoms with Gasteiger partial charge in [-0.25, -0.2) is 18.4 Å². The molecule has 6 aromatic rings. The van der Waals surface area contributed by atoms with Gasteiger partial charge in [0.2, 0.25) is 15.0 Å². The molecular weight excluding hydrogens is 1000 g/mol. The number of aromatic nitrogens is 3. The molecule has 2 heterocycles. The normalized spacial score (nSPS) is 10.4. The average molecular weight is 1050 g/mol. The molecule has 336 valence electrons. The number of nitrogens with zero attached hydrogens (tertiary/aromatic N) is 3. The maximum Gasteiger partial charge on any atom is 0.433 e. The van der Waals surface area contributed by atoms with Crippen molar-refractivity contribution in [2.45, 2.75) is 56.1 Å². The number of halogens is 5. The summed E-state index contributed by atoms with van der Waals surface area (Å²) in [5.41, 5.74) is 7.08. The summed E-state index contributed by atoms with van der Waals surface area (Å²) in [6.45, 7) is 6.76. The highest BCUT2D eigenvalue weighted by Crippen LogP contribution is 2.31. The third kappa shape index (κ3) is 20.6. The molecular formula is C50H46Br2F3N3O5SSi. The predicted molar refractivity (Wildman–Crippen MR) is 263 cm³/mol. The Bertz CT molecular complexity index is 2740. The third-order valence-corrected chi connectivity index (χ3v) is 11.1. The largest absolute Gasteiger partial charge is 0.433 e. The zero-order chi connectivity index (χ0) is 48.8. The number of alkyl halides is 4. The van der Waals surface area contributed by atoms with Gasteiger partial charge in [-0.05, 0) is 82.9 Å². The van der Waals surface area contributed by atoms with E-state index in [0.717, 1.165) is 37.6 Å². The lowest BCUT2D eigenvalue weighted by molar-refractivity contribution is -0.141.